The van der Waals surface area contributed by atoms with E-state index < -0.39 is 12.1 Å². The molecule has 1 atom stereocenters. The van der Waals surface area contributed by atoms with Crippen molar-refractivity contribution in [3.8, 4) is 22.6 Å². The fraction of sp³-hybridized carbons (Fsp3) is 0.323. The van der Waals surface area contributed by atoms with Crippen molar-refractivity contribution in [3.63, 3.8) is 0 Å². The zero-order valence-corrected chi connectivity index (χ0v) is 21.8. The van der Waals surface area contributed by atoms with E-state index in [1.54, 1.807) is 14.0 Å². The average Bonchev–Trinajstić information content (AvgIpc) is 2.89. The number of ether oxygens (including phenoxy) is 3. The third kappa shape index (κ3) is 7.22. The monoisotopic (exact) mass is 488 g/mol. The predicted octanol–water partition coefficient (Wildman–Crippen LogP) is 7.00. The molecular formula is C31H36O5. The quantitative estimate of drug-likeness (QED) is 0.297. The molecule has 190 valence electrons. The number of hydrogen-bond acceptors (Lipinski definition) is 4. The molecule has 5 heteroatoms. The third-order valence-electron chi connectivity index (χ3n) is 6.17. The van der Waals surface area contributed by atoms with E-state index in [1.807, 2.05) is 30.3 Å². The summed E-state index contributed by atoms with van der Waals surface area (Å²) in [6.45, 7) is 9.05. The molecular weight excluding hydrogens is 452 g/mol. The van der Waals surface area contributed by atoms with Crippen molar-refractivity contribution in [3.05, 3.63) is 89.5 Å². The van der Waals surface area contributed by atoms with Gasteiger partial charge in [-0.2, -0.15) is 0 Å². The van der Waals surface area contributed by atoms with Gasteiger partial charge in [-0.25, -0.2) is 4.79 Å². The van der Waals surface area contributed by atoms with Gasteiger partial charge in [-0.3, -0.25) is 0 Å². The first-order valence-electron chi connectivity index (χ1n) is 12.3. The molecule has 0 aromatic heterocycles. The average molecular weight is 489 g/mol. The van der Waals surface area contributed by atoms with Crippen molar-refractivity contribution in [2.45, 2.75) is 46.1 Å². The smallest absolute Gasteiger partial charge is 0.333 e. The number of aliphatic carboxylic acids is 1. The fourth-order valence-electron chi connectivity index (χ4n) is 3.96. The molecule has 0 aliphatic heterocycles. The first kappa shape index (κ1) is 27.0. The Morgan fingerprint density at radius 2 is 1.69 bits per heavy atom. The van der Waals surface area contributed by atoms with E-state index in [2.05, 4.69) is 63.2 Å². The second-order valence-electron chi connectivity index (χ2n) is 9.02. The molecule has 3 rings (SSSR count). The first-order valence-corrected chi connectivity index (χ1v) is 12.3. The van der Waals surface area contributed by atoms with Crippen LogP contribution in [0.25, 0.3) is 16.7 Å². The molecule has 1 unspecified atom stereocenters. The van der Waals surface area contributed by atoms with Gasteiger partial charge in [-0.15, -0.1) is 0 Å². The zero-order valence-electron chi connectivity index (χ0n) is 21.8. The van der Waals surface area contributed by atoms with Gasteiger partial charge >= 0.3 is 5.97 Å². The summed E-state index contributed by atoms with van der Waals surface area (Å²) in [6.07, 6.45) is 1.55. The molecule has 36 heavy (non-hydrogen) atoms. The second-order valence-corrected chi connectivity index (χ2v) is 9.02. The van der Waals surface area contributed by atoms with Gasteiger partial charge in [0.05, 0.1) is 7.11 Å². The molecule has 0 saturated carbocycles. The van der Waals surface area contributed by atoms with Crippen LogP contribution in [0.5, 0.6) is 11.5 Å². The van der Waals surface area contributed by atoms with Crippen LogP contribution in [-0.2, 0) is 16.0 Å². The molecule has 0 spiro atoms. The lowest BCUT2D eigenvalue weighted by Crippen LogP contribution is -2.26. The predicted molar refractivity (Wildman–Crippen MR) is 145 cm³/mol. The van der Waals surface area contributed by atoms with Gasteiger partial charge in [0, 0.05) is 18.6 Å². The lowest BCUT2D eigenvalue weighted by molar-refractivity contribution is -0.149. The molecule has 3 aromatic rings. The summed E-state index contributed by atoms with van der Waals surface area (Å²) in [5, 5.41) is 9.25. The maximum absolute atomic E-state index is 11.3. The van der Waals surface area contributed by atoms with Crippen molar-refractivity contribution in [2.75, 3.05) is 20.3 Å². The number of carboxylic acid groups (broad SMARTS) is 1. The molecule has 3 aromatic carbocycles. The van der Waals surface area contributed by atoms with Gasteiger partial charge in [0.15, 0.2) is 6.10 Å². The summed E-state index contributed by atoms with van der Waals surface area (Å²) >= 11 is 0. The van der Waals surface area contributed by atoms with E-state index in [9.17, 15) is 9.90 Å². The summed E-state index contributed by atoms with van der Waals surface area (Å²) in [7, 11) is 1.70. The highest BCUT2D eigenvalue weighted by Crippen LogP contribution is 2.33. The summed E-state index contributed by atoms with van der Waals surface area (Å²) in [6, 6.07) is 22.3. The number of carboxylic acids is 1. The van der Waals surface area contributed by atoms with E-state index in [1.165, 1.54) is 5.56 Å². The van der Waals surface area contributed by atoms with E-state index in [0.29, 0.717) is 25.6 Å². The summed E-state index contributed by atoms with van der Waals surface area (Å²) in [5.74, 6) is 1.11. The number of carbonyl (C=O) groups is 1. The van der Waals surface area contributed by atoms with Crippen LogP contribution in [0.3, 0.4) is 0 Å². The molecule has 0 aliphatic carbocycles. The summed E-state index contributed by atoms with van der Waals surface area (Å²) in [4.78, 5) is 11.3. The van der Waals surface area contributed by atoms with Crippen molar-refractivity contribution >= 4 is 11.5 Å². The minimum Gasteiger partial charge on any atom is -0.496 e. The Kier molecular flexibility index (Phi) is 9.71. The normalized spacial score (nSPS) is 12.4. The Hall–Kier alpha value is -3.57. The van der Waals surface area contributed by atoms with E-state index in [-0.39, 0.29) is 0 Å². The standard InChI is InChI=1S/C31H36O5/c1-6-35-30(31(32)33)19-23-7-14-27(15-8-23)36-18-17-22(4)24-9-11-25(12-10-24)28-20-26(21(2)3)13-16-29(28)34-5/h7-17,20-21,30H,6,18-19H2,1-5H3,(H,32,33)/b22-17+. The Balaban J connectivity index is 1.62. The largest absolute Gasteiger partial charge is 0.496 e. The van der Waals surface area contributed by atoms with E-state index in [0.717, 1.165) is 39.3 Å². The Bertz CT molecular complexity index is 1160. The van der Waals surface area contributed by atoms with Gasteiger partial charge in [-0.05, 0) is 77.9 Å². The molecule has 5 nitrogen and oxygen atoms in total. The molecule has 0 bridgehead atoms. The minimum absolute atomic E-state index is 0.325. The number of allylic oxidation sites excluding steroid dienone is 1. The number of hydrogen-bond donors (Lipinski definition) is 1. The van der Waals surface area contributed by atoms with Gasteiger partial charge in [0.1, 0.15) is 18.1 Å². The fourth-order valence-corrected chi connectivity index (χ4v) is 3.96. The lowest BCUT2D eigenvalue weighted by Gasteiger charge is -2.14. The molecule has 0 heterocycles. The van der Waals surface area contributed by atoms with Gasteiger partial charge < -0.3 is 19.3 Å². The molecule has 1 N–H and O–H groups in total. The lowest BCUT2D eigenvalue weighted by atomic mass is 9.95. The maximum Gasteiger partial charge on any atom is 0.333 e. The molecule has 0 aliphatic rings. The Morgan fingerprint density at radius 3 is 2.28 bits per heavy atom. The van der Waals surface area contributed by atoms with Crippen LogP contribution in [0.4, 0.5) is 0 Å². The topological polar surface area (TPSA) is 65.0 Å². The highest BCUT2D eigenvalue weighted by molar-refractivity contribution is 5.74. The van der Waals surface area contributed by atoms with Crippen LogP contribution in [0, 0.1) is 0 Å². The zero-order chi connectivity index (χ0) is 26.1. The maximum atomic E-state index is 11.3. The summed E-state index contributed by atoms with van der Waals surface area (Å²) < 4.78 is 16.8. The number of rotatable bonds is 12. The summed E-state index contributed by atoms with van der Waals surface area (Å²) in [5.41, 5.74) is 6.66. The van der Waals surface area contributed by atoms with Crippen LogP contribution >= 0.6 is 0 Å². The van der Waals surface area contributed by atoms with Crippen molar-refractivity contribution in [1.82, 2.24) is 0 Å². The van der Waals surface area contributed by atoms with Crippen molar-refractivity contribution in [1.29, 1.82) is 0 Å². The highest BCUT2D eigenvalue weighted by Gasteiger charge is 2.17. The molecule has 0 fully saturated rings. The number of methoxy groups -OCH3 is 1. The SMILES string of the molecule is CCOC(Cc1ccc(OC/C=C(\C)c2ccc(-c3cc(C(C)C)ccc3OC)cc2)cc1)C(=O)O. The van der Waals surface area contributed by atoms with Crippen LogP contribution in [-0.4, -0.2) is 37.5 Å². The van der Waals surface area contributed by atoms with Crippen LogP contribution in [0.15, 0.2) is 72.8 Å². The molecule has 0 radical (unpaired) electrons. The Morgan fingerprint density at radius 1 is 1.00 bits per heavy atom. The van der Waals surface area contributed by atoms with Gasteiger partial charge in [0.25, 0.3) is 0 Å². The van der Waals surface area contributed by atoms with Gasteiger partial charge in [-0.1, -0.05) is 56.3 Å². The molecule has 0 saturated heterocycles. The first-order chi connectivity index (χ1) is 17.3. The minimum atomic E-state index is -0.950. The van der Waals surface area contributed by atoms with Crippen molar-refractivity contribution in [2.24, 2.45) is 0 Å². The number of benzene rings is 3. The van der Waals surface area contributed by atoms with Crippen LogP contribution in [0.1, 0.15) is 50.3 Å². The van der Waals surface area contributed by atoms with Crippen molar-refractivity contribution < 1.29 is 24.1 Å². The second kappa shape index (κ2) is 12.9. The highest BCUT2D eigenvalue weighted by atomic mass is 16.5. The van der Waals surface area contributed by atoms with E-state index >= 15 is 0 Å². The van der Waals surface area contributed by atoms with Gasteiger partial charge in [0.2, 0.25) is 0 Å². The molecule has 0 amide bonds. The third-order valence-corrected chi connectivity index (χ3v) is 6.17. The van der Waals surface area contributed by atoms with Crippen LogP contribution in [0.2, 0.25) is 0 Å². The van der Waals surface area contributed by atoms with Crippen LogP contribution < -0.4 is 9.47 Å². The Labute approximate surface area is 214 Å². The van der Waals surface area contributed by atoms with E-state index in [4.69, 9.17) is 14.2 Å².